The van der Waals surface area contributed by atoms with Crippen LogP contribution >= 0.6 is 0 Å². The number of carbonyl (C=O) groups is 2. The summed E-state index contributed by atoms with van der Waals surface area (Å²) < 4.78 is 13.9. The number of rotatable bonds is 4. The van der Waals surface area contributed by atoms with Crippen LogP contribution in [0.4, 0.5) is 4.39 Å². The van der Waals surface area contributed by atoms with Crippen molar-refractivity contribution < 1.29 is 19.1 Å². The van der Waals surface area contributed by atoms with E-state index in [2.05, 4.69) is 0 Å². The number of nitrogens with zero attached hydrogens (tertiary/aromatic N) is 1. The van der Waals surface area contributed by atoms with Crippen molar-refractivity contribution in [1.29, 1.82) is 0 Å². The molecule has 0 saturated carbocycles. The molecule has 1 aromatic carbocycles. The third-order valence-electron chi connectivity index (χ3n) is 5.04. The van der Waals surface area contributed by atoms with Crippen molar-refractivity contribution in [2.45, 2.75) is 57.4 Å². The monoisotopic (exact) mass is 319 g/mol. The lowest BCUT2D eigenvalue weighted by Gasteiger charge is -2.23. The first-order valence-corrected chi connectivity index (χ1v) is 8.39. The van der Waals surface area contributed by atoms with Gasteiger partial charge in [0.05, 0.1) is 0 Å². The largest absolute Gasteiger partial charge is 0.480 e. The van der Waals surface area contributed by atoms with Gasteiger partial charge in [-0.3, -0.25) is 4.79 Å². The highest BCUT2D eigenvalue weighted by Crippen LogP contribution is 2.28. The second kappa shape index (κ2) is 6.69. The average Bonchev–Trinajstić information content (AvgIpc) is 3.04. The lowest BCUT2D eigenvalue weighted by molar-refractivity contribution is -0.148. The zero-order chi connectivity index (χ0) is 16.4. The summed E-state index contributed by atoms with van der Waals surface area (Å²) in [4.78, 5) is 25.0. The molecule has 1 atom stereocenters. The summed E-state index contributed by atoms with van der Waals surface area (Å²) in [5, 5.41) is 9.17. The van der Waals surface area contributed by atoms with E-state index in [0.717, 1.165) is 48.8 Å². The molecule has 1 aromatic rings. The fourth-order valence-corrected chi connectivity index (χ4v) is 3.84. The van der Waals surface area contributed by atoms with Crippen LogP contribution in [0.15, 0.2) is 12.1 Å². The zero-order valence-electron chi connectivity index (χ0n) is 13.2. The Labute approximate surface area is 135 Å². The molecule has 0 spiro atoms. The van der Waals surface area contributed by atoms with E-state index in [4.69, 9.17) is 0 Å². The first-order valence-electron chi connectivity index (χ1n) is 8.39. The van der Waals surface area contributed by atoms with Gasteiger partial charge in [-0.1, -0.05) is 6.07 Å². The SMILES string of the molecule is O=C(O)C1CCCN1C(=O)CCc1ccc(F)c2c1CCCC2. The Bertz CT molecular complexity index is 629. The third kappa shape index (κ3) is 3.23. The van der Waals surface area contributed by atoms with Crippen molar-refractivity contribution in [2.24, 2.45) is 0 Å². The molecule has 0 bridgehead atoms. The van der Waals surface area contributed by atoms with Crippen molar-refractivity contribution in [2.75, 3.05) is 6.54 Å². The van der Waals surface area contributed by atoms with E-state index < -0.39 is 12.0 Å². The number of carboxylic acids is 1. The van der Waals surface area contributed by atoms with Crippen molar-refractivity contribution in [1.82, 2.24) is 4.90 Å². The van der Waals surface area contributed by atoms with E-state index in [1.54, 1.807) is 6.07 Å². The highest BCUT2D eigenvalue weighted by Gasteiger charge is 2.33. The Morgan fingerprint density at radius 2 is 1.91 bits per heavy atom. The van der Waals surface area contributed by atoms with Gasteiger partial charge in [-0.25, -0.2) is 9.18 Å². The topological polar surface area (TPSA) is 57.6 Å². The fourth-order valence-electron chi connectivity index (χ4n) is 3.84. The number of carbonyl (C=O) groups excluding carboxylic acids is 1. The highest BCUT2D eigenvalue weighted by atomic mass is 19.1. The summed E-state index contributed by atoms with van der Waals surface area (Å²) in [6, 6.07) is 2.61. The van der Waals surface area contributed by atoms with Gasteiger partial charge in [0.1, 0.15) is 11.9 Å². The molecule has 1 amide bonds. The number of hydrogen-bond donors (Lipinski definition) is 1. The molecule has 1 saturated heterocycles. The van der Waals surface area contributed by atoms with Crippen molar-refractivity contribution in [3.63, 3.8) is 0 Å². The fraction of sp³-hybridized carbons (Fsp3) is 0.556. The summed E-state index contributed by atoms with van der Waals surface area (Å²) >= 11 is 0. The number of aryl methyl sites for hydroxylation is 1. The number of amides is 1. The van der Waals surface area contributed by atoms with Crippen LogP contribution in [0.3, 0.4) is 0 Å². The normalized spacial score (nSPS) is 20.4. The van der Waals surface area contributed by atoms with Crippen LogP contribution in [0.25, 0.3) is 0 Å². The van der Waals surface area contributed by atoms with Crippen molar-refractivity contribution >= 4 is 11.9 Å². The number of carboxylic acid groups (broad SMARTS) is 1. The van der Waals surface area contributed by atoms with Gasteiger partial charge >= 0.3 is 5.97 Å². The van der Waals surface area contributed by atoms with E-state index in [1.165, 1.54) is 11.0 Å². The van der Waals surface area contributed by atoms with Gasteiger partial charge in [0.2, 0.25) is 5.91 Å². The first kappa shape index (κ1) is 16.0. The summed E-state index contributed by atoms with van der Waals surface area (Å²) in [6.45, 7) is 0.525. The smallest absolute Gasteiger partial charge is 0.326 e. The number of halogens is 1. The molecule has 1 aliphatic heterocycles. The minimum Gasteiger partial charge on any atom is -0.480 e. The van der Waals surface area contributed by atoms with Gasteiger partial charge in [0, 0.05) is 13.0 Å². The molecule has 1 heterocycles. The standard InChI is InChI=1S/C18H22FNO3/c19-15-9-7-12(13-4-1-2-5-14(13)15)8-10-17(21)20-11-3-6-16(20)18(22)23/h7,9,16H,1-6,8,10-11H2,(H,22,23). The first-order chi connectivity index (χ1) is 11.1. The number of aliphatic carboxylic acids is 1. The van der Waals surface area contributed by atoms with E-state index in [9.17, 15) is 19.1 Å². The average molecular weight is 319 g/mol. The highest BCUT2D eigenvalue weighted by molar-refractivity contribution is 5.84. The van der Waals surface area contributed by atoms with Gasteiger partial charge in [-0.15, -0.1) is 0 Å². The van der Waals surface area contributed by atoms with Gasteiger partial charge < -0.3 is 10.0 Å². The predicted molar refractivity (Wildman–Crippen MR) is 83.7 cm³/mol. The molecule has 3 rings (SSSR count). The molecule has 4 nitrogen and oxygen atoms in total. The van der Waals surface area contributed by atoms with Crippen LogP contribution in [0, 0.1) is 5.82 Å². The molecule has 0 aromatic heterocycles. The second-order valence-electron chi connectivity index (χ2n) is 6.45. The van der Waals surface area contributed by atoms with E-state index in [-0.39, 0.29) is 11.7 Å². The van der Waals surface area contributed by atoms with Crippen LogP contribution in [-0.2, 0) is 28.9 Å². The van der Waals surface area contributed by atoms with Crippen molar-refractivity contribution in [3.05, 3.63) is 34.6 Å². The maximum absolute atomic E-state index is 13.9. The zero-order valence-corrected chi connectivity index (χ0v) is 13.2. The number of benzene rings is 1. The van der Waals surface area contributed by atoms with E-state index in [0.29, 0.717) is 25.8 Å². The van der Waals surface area contributed by atoms with Crippen LogP contribution in [0.5, 0.6) is 0 Å². The maximum atomic E-state index is 13.9. The number of fused-ring (bicyclic) bond motifs is 1. The van der Waals surface area contributed by atoms with Gasteiger partial charge in [0.15, 0.2) is 0 Å². The lowest BCUT2D eigenvalue weighted by atomic mass is 9.86. The van der Waals surface area contributed by atoms with E-state index in [1.807, 2.05) is 0 Å². The maximum Gasteiger partial charge on any atom is 0.326 e. The lowest BCUT2D eigenvalue weighted by Crippen LogP contribution is -2.40. The molecule has 1 fully saturated rings. The van der Waals surface area contributed by atoms with Gasteiger partial charge in [0.25, 0.3) is 0 Å². The number of likely N-dealkylation sites (tertiary alicyclic amines) is 1. The summed E-state index contributed by atoms with van der Waals surface area (Å²) in [7, 11) is 0. The summed E-state index contributed by atoms with van der Waals surface area (Å²) in [5.74, 6) is -1.17. The summed E-state index contributed by atoms with van der Waals surface area (Å²) in [5.41, 5.74) is 2.92. The Morgan fingerprint density at radius 1 is 1.17 bits per heavy atom. The molecular formula is C18H22FNO3. The summed E-state index contributed by atoms with van der Waals surface area (Å²) in [6.07, 6.45) is 5.85. The van der Waals surface area contributed by atoms with E-state index >= 15 is 0 Å². The molecule has 1 N–H and O–H groups in total. The van der Waals surface area contributed by atoms with Gasteiger partial charge in [-0.05, 0) is 67.7 Å². The Kier molecular flexibility index (Phi) is 4.64. The quantitative estimate of drug-likeness (QED) is 0.928. The van der Waals surface area contributed by atoms with Crippen LogP contribution in [0.1, 0.15) is 48.8 Å². The molecule has 0 radical (unpaired) electrons. The molecule has 23 heavy (non-hydrogen) atoms. The Balaban J connectivity index is 1.69. The molecular weight excluding hydrogens is 297 g/mol. The molecule has 2 aliphatic rings. The minimum atomic E-state index is -0.921. The molecule has 1 aliphatic carbocycles. The molecule has 1 unspecified atom stereocenters. The van der Waals surface area contributed by atoms with Crippen LogP contribution in [0.2, 0.25) is 0 Å². The van der Waals surface area contributed by atoms with Gasteiger partial charge in [-0.2, -0.15) is 0 Å². The predicted octanol–water partition coefficient (Wildman–Crippen LogP) is 2.71. The Hall–Kier alpha value is -1.91. The Morgan fingerprint density at radius 3 is 2.65 bits per heavy atom. The second-order valence-corrected chi connectivity index (χ2v) is 6.45. The number of hydrogen-bond acceptors (Lipinski definition) is 2. The van der Waals surface area contributed by atoms with Crippen molar-refractivity contribution in [3.8, 4) is 0 Å². The van der Waals surface area contributed by atoms with Crippen LogP contribution < -0.4 is 0 Å². The molecule has 124 valence electrons. The molecule has 5 heteroatoms. The third-order valence-corrected chi connectivity index (χ3v) is 5.04. The minimum absolute atomic E-state index is 0.108. The van der Waals surface area contributed by atoms with Crippen LogP contribution in [-0.4, -0.2) is 34.5 Å².